The first-order valence-corrected chi connectivity index (χ1v) is 9.29. The fraction of sp³-hybridized carbons (Fsp3) is 0.176. The Hall–Kier alpha value is -2.74. The maximum Gasteiger partial charge on any atom is 0.240 e. The van der Waals surface area contributed by atoms with Gasteiger partial charge in [-0.15, -0.1) is 0 Å². The summed E-state index contributed by atoms with van der Waals surface area (Å²) in [5.41, 5.74) is 1.05. The number of hydrogen-bond donors (Lipinski definition) is 1. The van der Waals surface area contributed by atoms with Gasteiger partial charge in [0.1, 0.15) is 23.7 Å². The SMILES string of the molecule is COc1nccc2c(OCc3cc(F)cc([S@](C)(=N)=O)c3)ccnc12. The standard InChI is InChI=1S/C17H16FN3O3S/c1-23-17-16-14(3-5-21-17)15(4-6-20-16)24-10-11-7-12(18)9-13(8-11)25(2,19)22/h3-9,19H,10H2,1-2H3/t25-/m1/s1. The summed E-state index contributed by atoms with van der Waals surface area (Å²) in [6.45, 7) is 0.0596. The molecule has 0 aliphatic heterocycles. The van der Waals surface area contributed by atoms with Crippen LogP contribution in [-0.2, 0) is 16.3 Å². The van der Waals surface area contributed by atoms with Crippen LogP contribution in [-0.4, -0.2) is 27.5 Å². The van der Waals surface area contributed by atoms with Crippen LogP contribution in [0.5, 0.6) is 11.6 Å². The fourth-order valence-corrected chi connectivity index (χ4v) is 3.11. The lowest BCUT2D eigenvalue weighted by molar-refractivity contribution is 0.308. The first-order chi connectivity index (χ1) is 11.9. The molecule has 0 saturated heterocycles. The van der Waals surface area contributed by atoms with Gasteiger partial charge in [0.25, 0.3) is 0 Å². The molecule has 3 rings (SSSR count). The van der Waals surface area contributed by atoms with Crippen LogP contribution in [0.4, 0.5) is 4.39 Å². The molecule has 8 heteroatoms. The smallest absolute Gasteiger partial charge is 0.240 e. The number of aromatic nitrogens is 2. The molecule has 130 valence electrons. The summed E-state index contributed by atoms with van der Waals surface area (Å²) in [6, 6.07) is 7.36. The summed E-state index contributed by atoms with van der Waals surface area (Å²) < 4.78 is 44.2. The Labute approximate surface area is 144 Å². The molecule has 2 heterocycles. The van der Waals surface area contributed by atoms with Gasteiger partial charge in [0.2, 0.25) is 5.88 Å². The highest BCUT2D eigenvalue weighted by Crippen LogP contribution is 2.29. The van der Waals surface area contributed by atoms with Gasteiger partial charge in [0, 0.05) is 24.0 Å². The zero-order chi connectivity index (χ0) is 18.0. The first kappa shape index (κ1) is 17.1. The maximum absolute atomic E-state index is 13.7. The highest BCUT2D eigenvalue weighted by atomic mass is 32.2. The number of methoxy groups -OCH3 is 1. The number of halogens is 1. The summed E-state index contributed by atoms with van der Waals surface area (Å²) in [7, 11) is -1.50. The number of nitrogens with one attached hydrogen (secondary N) is 1. The Morgan fingerprint density at radius 3 is 2.68 bits per heavy atom. The Morgan fingerprint density at radius 2 is 1.96 bits per heavy atom. The minimum absolute atomic E-state index is 0.0596. The van der Waals surface area contributed by atoms with Gasteiger partial charge < -0.3 is 9.47 Å². The van der Waals surface area contributed by atoms with E-state index >= 15 is 0 Å². The van der Waals surface area contributed by atoms with Gasteiger partial charge in [-0.1, -0.05) is 0 Å². The molecule has 3 aromatic rings. The van der Waals surface area contributed by atoms with E-state index in [1.54, 1.807) is 24.5 Å². The average molecular weight is 361 g/mol. The minimum atomic E-state index is -3.00. The monoisotopic (exact) mass is 361 g/mol. The lowest BCUT2D eigenvalue weighted by atomic mass is 10.2. The van der Waals surface area contributed by atoms with E-state index in [9.17, 15) is 8.60 Å². The highest BCUT2D eigenvalue weighted by molar-refractivity contribution is 7.91. The second-order valence-electron chi connectivity index (χ2n) is 5.45. The van der Waals surface area contributed by atoms with Crippen molar-refractivity contribution in [2.24, 2.45) is 0 Å². The van der Waals surface area contributed by atoms with E-state index in [0.717, 1.165) is 6.07 Å². The number of ether oxygens (including phenoxy) is 2. The van der Waals surface area contributed by atoms with Crippen LogP contribution in [0.1, 0.15) is 5.56 Å². The van der Waals surface area contributed by atoms with E-state index in [-0.39, 0.29) is 11.5 Å². The van der Waals surface area contributed by atoms with Crippen molar-refractivity contribution in [2.75, 3.05) is 13.4 Å². The Morgan fingerprint density at radius 1 is 1.20 bits per heavy atom. The molecule has 0 aliphatic carbocycles. The largest absolute Gasteiger partial charge is 0.488 e. The van der Waals surface area contributed by atoms with Gasteiger partial charge in [0.15, 0.2) is 0 Å². The van der Waals surface area contributed by atoms with Crippen LogP contribution in [0.2, 0.25) is 0 Å². The fourth-order valence-electron chi connectivity index (χ4n) is 2.39. The second-order valence-corrected chi connectivity index (χ2v) is 7.61. The third-order valence-corrected chi connectivity index (χ3v) is 4.69. The van der Waals surface area contributed by atoms with Crippen molar-refractivity contribution in [3.05, 3.63) is 54.1 Å². The minimum Gasteiger partial charge on any atom is -0.488 e. The van der Waals surface area contributed by atoms with Gasteiger partial charge in [0.05, 0.1) is 21.7 Å². The molecule has 0 bridgehead atoms. The Balaban J connectivity index is 1.93. The molecule has 0 fully saturated rings. The van der Waals surface area contributed by atoms with E-state index in [1.165, 1.54) is 25.5 Å². The zero-order valence-electron chi connectivity index (χ0n) is 13.7. The first-order valence-electron chi connectivity index (χ1n) is 7.32. The number of rotatable bonds is 5. The van der Waals surface area contributed by atoms with Crippen LogP contribution in [0, 0.1) is 10.6 Å². The van der Waals surface area contributed by atoms with E-state index in [4.69, 9.17) is 14.3 Å². The Kier molecular flexibility index (Phi) is 4.54. The third-order valence-electron chi connectivity index (χ3n) is 3.55. The van der Waals surface area contributed by atoms with Crippen LogP contribution in [0.15, 0.2) is 47.6 Å². The summed E-state index contributed by atoms with van der Waals surface area (Å²) >= 11 is 0. The number of benzene rings is 1. The molecule has 1 N–H and O–H groups in total. The zero-order valence-corrected chi connectivity index (χ0v) is 14.5. The van der Waals surface area contributed by atoms with Crippen LogP contribution < -0.4 is 9.47 Å². The highest BCUT2D eigenvalue weighted by Gasteiger charge is 2.11. The van der Waals surface area contributed by atoms with Gasteiger partial charge in [-0.2, -0.15) is 0 Å². The number of pyridine rings is 2. The number of nitrogens with zero attached hydrogens (tertiary/aromatic N) is 2. The normalized spacial score (nSPS) is 13.4. The van der Waals surface area contributed by atoms with Crippen molar-refractivity contribution < 1.29 is 18.1 Å². The van der Waals surface area contributed by atoms with Crippen molar-refractivity contribution in [1.29, 1.82) is 4.78 Å². The summed E-state index contributed by atoms with van der Waals surface area (Å²) in [5, 5.41) is 0.714. The maximum atomic E-state index is 13.7. The molecule has 6 nitrogen and oxygen atoms in total. The second kappa shape index (κ2) is 6.64. The lowest BCUT2D eigenvalue weighted by Crippen LogP contribution is -2.02. The van der Waals surface area contributed by atoms with Gasteiger partial charge >= 0.3 is 0 Å². The van der Waals surface area contributed by atoms with Crippen molar-refractivity contribution in [3.8, 4) is 11.6 Å². The van der Waals surface area contributed by atoms with Crippen molar-refractivity contribution in [1.82, 2.24) is 9.97 Å². The molecule has 0 spiro atoms. The van der Waals surface area contributed by atoms with Gasteiger partial charge in [-0.25, -0.2) is 18.4 Å². The molecule has 0 amide bonds. The predicted molar refractivity (Wildman–Crippen MR) is 91.9 cm³/mol. The summed E-state index contributed by atoms with van der Waals surface area (Å²) in [5.74, 6) is 0.374. The molecule has 0 unspecified atom stereocenters. The lowest BCUT2D eigenvalue weighted by Gasteiger charge is -2.11. The quantitative estimate of drug-likeness (QED) is 0.753. The molecular formula is C17H16FN3O3S. The molecular weight excluding hydrogens is 345 g/mol. The summed E-state index contributed by atoms with van der Waals surface area (Å²) in [6.07, 6.45) is 4.41. The van der Waals surface area contributed by atoms with E-state index in [2.05, 4.69) is 9.97 Å². The average Bonchev–Trinajstić information content (AvgIpc) is 2.58. The van der Waals surface area contributed by atoms with Crippen LogP contribution >= 0.6 is 0 Å². The Bertz CT molecular complexity index is 1040. The van der Waals surface area contributed by atoms with Crippen molar-refractivity contribution in [2.45, 2.75) is 11.5 Å². The van der Waals surface area contributed by atoms with Crippen molar-refractivity contribution in [3.63, 3.8) is 0 Å². The van der Waals surface area contributed by atoms with Crippen LogP contribution in [0.25, 0.3) is 10.9 Å². The molecule has 1 atom stereocenters. The van der Waals surface area contributed by atoms with E-state index in [0.29, 0.717) is 28.1 Å². The van der Waals surface area contributed by atoms with Gasteiger partial charge in [-0.05, 0) is 35.9 Å². The molecule has 0 aliphatic rings. The van der Waals surface area contributed by atoms with Crippen LogP contribution in [0.3, 0.4) is 0 Å². The topological polar surface area (TPSA) is 85.2 Å². The molecule has 2 aromatic heterocycles. The molecule has 25 heavy (non-hydrogen) atoms. The molecule has 1 aromatic carbocycles. The molecule has 0 saturated carbocycles. The number of fused-ring (bicyclic) bond motifs is 1. The predicted octanol–water partition coefficient (Wildman–Crippen LogP) is 3.39. The van der Waals surface area contributed by atoms with E-state index in [1.807, 2.05) is 0 Å². The number of hydrogen-bond acceptors (Lipinski definition) is 6. The van der Waals surface area contributed by atoms with E-state index < -0.39 is 15.5 Å². The van der Waals surface area contributed by atoms with Gasteiger partial charge in [-0.3, -0.25) is 4.98 Å². The third kappa shape index (κ3) is 3.69. The summed E-state index contributed by atoms with van der Waals surface area (Å²) in [4.78, 5) is 8.47. The molecule has 0 radical (unpaired) electrons. The van der Waals surface area contributed by atoms with Crippen molar-refractivity contribution >= 4 is 20.6 Å².